The Labute approximate surface area is 275 Å². The van der Waals surface area contributed by atoms with Crippen LogP contribution in [0.1, 0.15) is 83.1 Å². The monoisotopic (exact) mass is 764 g/mol. The second kappa shape index (κ2) is 11.2. The molecule has 0 saturated heterocycles. The van der Waals surface area contributed by atoms with Gasteiger partial charge >= 0.3 is 21.1 Å². The van der Waals surface area contributed by atoms with Crippen LogP contribution in [0.25, 0.3) is 27.6 Å². The zero-order valence-electron chi connectivity index (χ0n) is 26.5. The second-order valence-electron chi connectivity index (χ2n) is 14.2. The van der Waals surface area contributed by atoms with Crippen LogP contribution >= 0.6 is 0 Å². The molecule has 3 heterocycles. The topological polar surface area (TPSA) is 48.6 Å². The number of nitrogens with zero attached hydrogens (tertiary/aromatic N) is 3. The molecule has 1 saturated carbocycles. The maximum absolute atomic E-state index is 6.45. The minimum absolute atomic E-state index is 0. The molecule has 7 rings (SSSR count). The van der Waals surface area contributed by atoms with Crippen LogP contribution in [-0.2, 0) is 36.6 Å². The van der Waals surface area contributed by atoms with Gasteiger partial charge in [0.2, 0.25) is 0 Å². The van der Waals surface area contributed by atoms with Crippen LogP contribution in [-0.4, -0.2) is 27.6 Å². The fraction of sp³-hybridized carbons (Fsp3) is 0.368. The summed E-state index contributed by atoms with van der Waals surface area (Å²) in [5, 5.41) is 2.30. The fourth-order valence-electron chi connectivity index (χ4n) is 6.31. The zero-order chi connectivity index (χ0) is 30.1. The molecule has 5 nitrogen and oxygen atoms in total. The van der Waals surface area contributed by atoms with Crippen molar-refractivity contribution in [3.8, 4) is 17.3 Å². The van der Waals surface area contributed by atoms with Crippen LogP contribution in [0.4, 0.5) is 0 Å². The van der Waals surface area contributed by atoms with Crippen molar-refractivity contribution in [2.75, 3.05) is 0 Å². The summed E-state index contributed by atoms with van der Waals surface area (Å²) in [5.74, 6) is 2.80. The van der Waals surface area contributed by atoms with E-state index in [1.165, 1.54) is 22.9 Å². The van der Waals surface area contributed by atoms with Crippen molar-refractivity contribution in [2.24, 2.45) is 4.99 Å². The minimum atomic E-state index is -0.00145. The Bertz CT molecular complexity index is 1910. The number of pyridine rings is 1. The molecule has 0 amide bonds. The Morgan fingerprint density at radius 2 is 1.61 bits per heavy atom. The van der Waals surface area contributed by atoms with Crippen molar-refractivity contribution in [2.45, 2.75) is 90.7 Å². The smallest absolute Gasteiger partial charge is 0.515 e. The maximum atomic E-state index is 6.45. The molecule has 0 unspecified atom stereocenters. The summed E-state index contributed by atoms with van der Waals surface area (Å²) in [4.78, 5) is 9.70. The molecule has 228 valence electrons. The number of hydrogen-bond acceptors (Lipinski definition) is 4. The summed E-state index contributed by atoms with van der Waals surface area (Å²) < 4.78 is 14.9. The first kappa shape index (κ1) is 30.6. The van der Waals surface area contributed by atoms with Gasteiger partial charge in [0, 0.05) is 23.2 Å². The van der Waals surface area contributed by atoms with Gasteiger partial charge in [-0.2, -0.15) is 6.07 Å². The molecular weight excluding hydrogens is 726 g/mol. The van der Waals surface area contributed by atoms with Gasteiger partial charge in [0.25, 0.3) is 0 Å². The first-order valence-electron chi connectivity index (χ1n) is 15.4. The maximum Gasteiger partial charge on any atom is 2.00 e. The molecule has 3 aromatic carbocycles. The number of ether oxygens (including phenoxy) is 2. The van der Waals surface area contributed by atoms with E-state index in [1.54, 1.807) is 0 Å². The number of aliphatic imine (C=N–C) groups is 1. The minimum Gasteiger partial charge on any atom is -0.515 e. The Morgan fingerprint density at radius 1 is 0.841 bits per heavy atom. The molecule has 2 atom stereocenters. The van der Waals surface area contributed by atoms with Crippen LogP contribution in [0.5, 0.6) is 11.5 Å². The van der Waals surface area contributed by atoms with Crippen molar-refractivity contribution >= 4 is 27.7 Å². The number of benzene rings is 3. The standard InChI is InChI=1S/C38H39N3O2.Pt/c1-23-17-24(36-40-31-9-8-10-34(31)43-36)19-28(18-23)42-27-12-13-29-30-20-25(37(2,3)4)11-14-32(30)41(33(29)22-27)35-21-26(15-16-39-35)38(5,6)7;/h11-18,20-21,31,34H,8-10H2,1-7H3;/q-2;+2/t31-,34+;/m1./s1. The third-order valence-electron chi connectivity index (χ3n) is 8.76. The van der Waals surface area contributed by atoms with E-state index in [1.807, 2.05) is 18.3 Å². The normalized spacial score (nSPS) is 18.2. The molecule has 0 bridgehead atoms. The molecule has 0 radical (unpaired) electrons. The molecule has 0 N–H and O–H groups in total. The van der Waals surface area contributed by atoms with E-state index in [2.05, 4.69) is 108 Å². The van der Waals surface area contributed by atoms with E-state index in [-0.39, 0.29) is 44.0 Å². The van der Waals surface area contributed by atoms with E-state index < -0.39 is 0 Å². The van der Waals surface area contributed by atoms with Gasteiger partial charge in [0.1, 0.15) is 17.8 Å². The van der Waals surface area contributed by atoms with Crippen molar-refractivity contribution in [1.82, 2.24) is 9.55 Å². The molecule has 5 aromatic rings. The van der Waals surface area contributed by atoms with Crippen molar-refractivity contribution in [3.63, 3.8) is 0 Å². The summed E-state index contributed by atoms with van der Waals surface area (Å²) in [6.45, 7) is 15.5. The summed E-state index contributed by atoms with van der Waals surface area (Å²) in [6.07, 6.45) is 5.45. The molecule has 2 aliphatic rings. The molecule has 1 aliphatic carbocycles. The first-order chi connectivity index (χ1) is 20.4. The SMILES string of the molecule is Cc1cc(Oc2[c-]c3c(cc2)c2cc(C(C)(C)C)ccc2n3-c2cc(C(C)(C)C)ccn2)[c-]c(C2=N[C@@H]3CCC[C@@H]3O2)c1.[Pt+2]. The third kappa shape index (κ3) is 5.60. The van der Waals surface area contributed by atoms with Crippen molar-refractivity contribution < 1.29 is 30.5 Å². The van der Waals surface area contributed by atoms with Gasteiger partial charge < -0.3 is 14.0 Å². The largest absolute Gasteiger partial charge is 2.00 e. The van der Waals surface area contributed by atoms with Gasteiger partial charge in [0.15, 0.2) is 0 Å². The molecule has 2 aromatic heterocycles. The number of hydrogen-bond donors (Lipinski definition) is 0. The van der Waals surface area contributed by atoms with Gasteiger partial charge in [-0.05, 0) is 64.8 Å². The average Bonchev–Trinajstić information content (AvgIpc) is 3.64. The summed E-state index contributed by atoms with van der Waals surface area (Å²) in [7, 11) is 0. The molecule has 1 fully saturated rings. The van der Waals surface area contributed by atoms with Crippen LogP contribution < -0.4 is 4.74 Å². The van der Waals surface area contributed by atoms with Gasteiger partial charge in [-0.25, -0.2) is 4.98 Å². The molecular formula is C38H39N3O2Pt. The summed E-state index contributed by atoms with van der Waals surface area (Å²) in [6, 6.07) is 26.6. The van der Waals surface area contributed by atoms with E-state index in [4.69, 9.17) is 19.5 Å². The summed E-state index contributed by atoms with van der Waals surface area (Å²) in [5.41, 5.74) is 6.50. The van der Waals surface area contributed by atoms with Crippen molar-refractivity contribution in [3.05, 3.63) is 95.2 Å². The zero-order valence-corrected chi connectivity index (χ0v) is 28.8. The van der Waals surface area contributed by atoms with Crippen LogP contribution in [0.2, 0.25) is 0 Å². The van der Waals surface area contributed by atoms with Crippen LogP contribution in [0.3, 0.4) is 0 Å². The second-order valence-corrected chi connectivity index (χ2v) is 14.2. The predicted molar refractivity (Wildman–Crippen MR) is 174 cm³/mol. The van der Waals surface area contributed by atoms with E-state index >= 15 is 0 Å². The van der Waals surface area contributed by atoms with Crippen molar-refractivity contribution in [1.29, 1.82) is 0 Å². The Balaban J connectivity index is 0.00000343. The molecule has 44 heavy (non-hydrogen) atoms. The number of fused-ring (bicyclic) bond motifs is 4. The third-order valence-corrected chi connectivity index (χ3v) is 8.76. The Kier molecular flexibility index (Phi) is 7.77. The predicted octanol–water partition coefficient (Wildman–Crippen LogP) is 9.17. The van der Waals surface area contributed by atoms with Gasteiger partial charge in [0.05, 0.1) is 6.04 Å². The molecule has 0 spiro atoms. The quantitative estimate of drug-likeness (QED) is 0.172. The number of rotatable bonds is 4. The molecule has 6 heteroatoms. The summed E-state index contributed by atoms with van der Waals surface area (Å²) >= 11 is 0. The van der Waals surface area contributed by atoms with Gasteiger partial charge in [-0.15, -0.1) is 29.1 Å². The number of aromatic nitrogens is 2. The van der Waals surface area contributed by atoms with Crippen LogP contribution in [0, 0.1) is 19.1 Å². The Hall–Kier alpha value is -3.43. The fourth-order valence-corrected chi connectivity index (χ4v) is 6.31. The van der Waals surface area contributed by atoms with Gasteiger partial charge in [-0.1, -0.05) is 83.8 Å². The van der Waals surface area contributed by atoms with E-state index in [0.29, 0.717) is 17.4 Å². The molecule has 1 aliphatic heterocycles. The van der Waals surface area contributed by atoms with Gasteiger partial charge in [-0.3, -0.25) is 4.99 Å². The van der Waals surface area contributed by atoms with E-state index in [0.717, 1.165) is 46.2 Å². The van der Waals surface area contributed by atoms with E-state index in [9.17, 15) is 0 Å². The average molecular weight is 765 g/mol. The number of aryl methyl sites for hydroxylation is 1. The van der Waals surface area contributed by atoms with Crippen LogP contribution in [0.15, 0.2) is 65.8 Å². The first-order valence-corrected chi connectivity index (χ1v) is 15.4. The Morgan fingerprint density at radius 3 is 2.36 bits per heavy atom.